The van der Waals surface area contributed by atoms with E-state index in [4.69, 9.17) is 0 Å². The maximum absolute atomic E-state index is 9.96. The van der Waals surface area contributed by atoms with Crippen molar-refractivity contribution in [1.82, 2.24) is 4.90 Å². The summed E-state index contributed by atoms with van der Waals surface area (Å²) in [6.07, 6.45) is 2.47. The maximum atomic E-state index is 9.96. The number of nitrogens with zero attached hydrogens (tertiary/aromatic N) is 1. The first-order valence-electron chi connectivity index (χ1n) is 4.69. The lowest BCUT2D eigenvalue weighted by Crippen LogP contribution is -2.63. The van der Waals surface area contributed by atoms with E-state index in [0.717, 1.165) is 19.6 Å². The van der Waals surface area contributed by atoms with Crippen molar-refractivity contribution in [2.24, 2.45) is 5.92 Å². The lowest BCUT2D eigenvalue weighted by Gasteiger charge is -2.47. The molecule has 1 aliphatic carbocycles. The SMILES string of the molecule is C=C(C)CN1CC(O)(C2CC2)C1. The van der Waals surface area contributed by atoms with Crippen molar-refractivity contribution in [3.05, 3.63) is 12.2 Å². The minimum atomic E-state index is -0.324. The van der Waals surface area contributed by atoms with Crippen molar-refractivity contribution in [3.8, 4) is 0 Å². The Morgan fingerprint density at radius 1 is 1.58 bits per heavy atom. The third-order valence-corrected chi connectivity index (χ3v) is 2.83. The van der Waals surface area contributed by atoms with Crippen molar-refractivity contribution in [2.75, 3.05) is 19.6 Å². The predicted octanol–water partition coefficient (Wildman–Crippen LogP) is 1.02. The monoisotopic (exact) mass is 167 g/mol. The number of aliphatic hydroxyl groups is 1. The van der Waals surface area contributed by atoms with Crippen LogP contribution >= 0.6 is 0 Å². The Morgan fingerprint density at radius 2 is 2.17 bits per heavy atom. The molecule has 68 valence electrons. The molecular weight excluding hydrogens is 150 g/mol. The first-order chi connectivity index (χ1) is 5.60. The van der Waals surface area contributed by atoms with Gasteiger partial charge in [0.2, 0.25) is 0 Å². The summed E-state index contributed by atoms with van der Waals surface area (Å²) in [4.78, 5) is 2.26. The van der Waals surface area contributed by atoms with Gasteiger partial charge in [-0.2, -0.15) is 0 Å². The number of hydrogen-bond acceptors (Lipinski definition) is 2. The Morgan fingerprint density at radius 3 is 2.58 bits per heavy atom. The number of likely N-dealkylation sites (tertiary alicyclic amines) is 1. The van der Waals surface area contributed by atoms with E-state index in [1.165, 1.54) is 18.4 Å². The zero-order chi connectivity index (χ0) is 8.77. The molecule has 0 aromatic carbocycles. The van der Waals surface area contributed by atoms with Crippen LogP contribution in [0.2, 0.25) is 0 Å². The van der Waals surface area contributed by atoms with Crippen LogP contribution in [-0.2, 0) is 0 Å². The quantitative estimate of drug-likeness (QED) is 0.634. The largest absolute Gasteiger partial charge is 0.387 e. The van der Waals surface area contributed by atoms with Gasteiger partial charge in [-0.15, -0.1) is 0 Å². The maximum Gasteiger partial charge on any atom is 0.0928 e. The van der Waals surface area contributed by atoms with Crippen LogP contribution in [0.5, 0.6) is 0 Å². The van der Waals surface area contributed by atoms with Crippen molar-refractivity contribution in [3.63, 3.8) is 0 Å². The molecule has 1 saturated carbocycles. The van der Waals surface area contributed by atoms with Crippen LogP contribution in [0.15, 0.2) is 12.2 Å². The van der Waals surface area contributed by atoms with Crippen molar-refractivity contribution < 1.29 is 5.11 Å². The molecule has 1 N–H and O–H groups in total. The first-order valence-corrected chi connectivity index (χ1v) is 4.69. The van der Waals surface area contributed by atoms with E-state index in [2.05, 4.69) is 11.5 Å². The lowest BCUT2D eigenvalue weighted by atomic mass is 9.88. The molecule has 0 unspecified atom stereocenters. The van der Waals surface area contributed by atoms with E-state index in [-0.39, 0.29) is 5.60 Å². The lowest BCUT2D eigenvalue weighted by molar-refractivity contribution is -0.109. The second-order valence-electron chi connectivity index (χ2n) is 4.48. The van der Waals surface area contributed by atoms with Crippen LogP contribution < -0.4 is 0 Å². The van der Waals surface area contributed by atoms with Gasteiger partial charge in [0.05, 0.1) is 5.60 Å². The molecule has 0 atom stereocenters. The standard InChI is InChI=1S/C10H17NO/c1-8(2)5-11-6-10(12,7-11)9-3-4-9/h9,12H,1,3-7H2,2H3. The first kappa shape index (κ1) is 8.27. The summed E-state index contributed by atoms with van der Waals surface area (Å²) in [5.41, 5.74) is 0.864. The van der Waals surface area contributed by atoms with Crippen LogP contribution in [0.3, 0.4) is 0 Å². The highest BCUT2D eigenvalue weighted by Gasteiger charge is 2.51. The van der Waals surface area contributed by atoms with Gasteiger partial charge in [0.25, 0.3) is 0 Å². The molecule has 2 heteroatoms. The molecule has 2 nitrogen and oxygen atoms in total. The van der Waals surface area contributed by atoms with E-state index >= 15 is 0 Å². The fourth-order valence-corrected chi connectivity index (χ4v) is 2.10. The summed E-state index contributed by atoms with van der Waals surface area (Å²) in [7, 11) is 0. The Labute approximate surface area is 73.9 Å². The summed E-state index contributed by atoms with van der Waals surface area (Å²) >= 11 is 0. The molecule has 0 aromatic heterocycles. The van der Waals surface area contributed by atoms with Crippen LogP contribution in [0.4, 0.5) is 0 Å². The summed E-state index contributed by atoms with van der Waals surface area (Å²) in [6, 6.07) is 0. The highest BCUT2D eigenvalue weighted by atomic mass is 16.3. The summed E-state index contributed by atoms with van der Waals surface area (Å²) in [5, 5.41) is 9.96. The van der Waals surface area contributed by atoms with Crippen molar-refractivity contribution in [2.45, 2.75) is 25.4 Å². The predicted molar refractivity (Wildman–Crippen MR) is 48.9 cm³/mol. The molecule has 1 heterocycles. The van der Waals surface area contributed by atoms with Gasteiger partial charge < -0.3 is 5.11 Å². The molecule has 0 radical (unpaired) electrons. The Balaban J connectivity index is 1.78. The van der Waals surface area contributed by atoms with E-state index < -0.39 is 0 Å². The zero-order valence-electron chi connectivity index (χ0n) is 7.71. The van der Waals surface area contributed by atoms with Crippen LogP contribution in [-0.4, -0.2) is 35.2 Å². The van der Waals surface area contributed by atoms with Crippen LogP contribution in [0.1, 0.15) is 19.8 Å². The minimum absolute atomic E-state index is 0.324. The van der Waals surface area contributed by atoms with Gasteiger partial charge in [-0.1, -0.05) is 12.2 Å². The highest BCUT2D eigenvalue weighted by molar-refractivity contribution is 5.08. The number of β-amino-alcohol motifs (C(OH)–C–C–N with tert-alkyl or cyclic N) is 1. The molecular formula is C10H17NO. The second kappa shape index (κ2) is 2.57. The van der Waals surface area contributed by atoms with Gasteiger partial charge in [0.15, 0.2) is 0 Å². The number of hydrogen-bond donors (Lipinski definition) is 1. The van der Waals surface area contributed by atoms with Crippen molar-refractivity contribution >= 4 is 0 Å². The molecule has 0 bridgehead atoms. The third-order valence-electron chi connectivity index (χ3n) is 2.83. The summed E-state index contributed by atoms with van der Waals surface area (Å²) < 4.78 is 0. The Bertz CT molecular complexity index is 202. The van der Waals surface area contributed by atoms with E-state index in [9.17, 15) is 5.11 Å². The molecule has 2 aliphatic rings. The average Bonchev–Trinajstić information content (AvgIpc) is 2.62. The fraction of sp³-hybridized carbons (Fsp3) is 0.800. The van der Waals surface area contributed by atoms with Gasteiger partial charge in [-0.05, 0) is 25.7 Å². The third kappa shape index (κ3) is 1.41. The van der Waals surface area contributed by atoms with E-state index in [0.29, 0.717) is 5.92 Å². The number of rotatable bonds is 3. The van der Waals surface area contributed by atoms with Gasteiger partial charge in [-0.25, -0.2) is 0 Å². The van der Waals surface area contributed by atoms with Crippen molar-refractivity contribution in [1.29, 1.82) is 0 Å². The zero-order valence-corrected chi connectivity index (χ0v) is 7.71. The minimum Gasteiger partial charge on any atom is -0.387 e. The average molecular weight is 167 g/mol. The van der Waals surface area contributed by atoms with Crippen LogP contribution in [0, 0.1) is 5.92 Å². The summed E-state index contributed by atoms with van der Waals surface area (Å²) in [5.74, 6) is 0.610. The van der Waals surface area contributed by atoms with E-state index in [1.54, 1.807) is 0 Å². The molecule has 1 aliphatic heterocycles. The van der Waals surface area contributed by atoms with Gasteiger partial charge in [0, 0.05) is 19.6 Å². The second-order valence-corrected chi connectivity index (χ2v) is 4.48. The molecule has 0 amide bonds. The fourth-order valence-electron chi connectivity index (χ4n) is 2.10. The highest BCUT2D eigenvalue weighted by Crippen LogP contribution is 2.44. The molecule has 0 aromatic rings. The molecule has 1 saturated heterocycles. The molecule has 12 heavy (non-hydrogen) atoms. The smallest absolute Gasteiger partial charge is 0.0928 e. The molecule has 2 fully saturated rings. The Kier molecular flexibility index (Phi) is 1.77. The topological polar surface area (TPSA) is 23.5 Å². The van der Waals surface area contributed by atoms with E-state index in [1.807, 2.05) is 6.92 Å². The normalized spacial score (nSPS) is 28.2. The molecule has 0 spiro atoms. The summed E-state index contributed by atoms with van der Waals surface area (Å²) in [6.45, 7) is 8.58. The van der Waals surface area contributed by atoms with Gasteiger partial charge in [-0.3, -0.25) is 4.90 Å². The Hall–Kier alpha value is -0.340. The molecule has 2 rings (SSSR count). The van der Waals surface area contributed by atoms with Gasteiger partial charge in [0.1, 0.15) is 0 Å². The van der Waals surface area contributed by atoms with Crippen LogP contribution in [0.25, 0.3) is 0 Å². The van der Waals surface area contributed by atoms with Gasteiger partial charge >= 0.3 is 0 Å².